The second kappa shape index (κ2) is 7.97. The van der Waals surface area contributed by atoms with Crippen LogP contribution >= 0.6 is 11.6 Å². The molecule has 1 atom stereocenters. The summed E-state index contributed by atoms with van der Waals surface area (Å²) in [4.78, 5) is 12.2. The van der Waals surface area contributed by atoms with Gasteiger partial charge in [0.2, 0.25) is 5.91 Å². The monoisotopic (exact) mass is 335 g/mol. The lowest BCUT2D eigenvalue weighted by atomic mass is 10.0. The quantitative estimate of drug-likeness (QED) is 0.854. The number of hydrogen-bond acceptors (Lipinski definition) is 2. The first-order chi connectivity index (χ1) is 11.0. The van der Waals surface area contributed by atoms with Crippen molar-refractivity contribution in [2.24, 2.45) is 0 Å². The minimum atomic E-state index is -0.467. The van der Waals surface area contributed by atoms with Gasteiger partial charge >= 0.3 is 0 Å². The molecule has 0 aliphatic rings. The van der Waals surface area contributed by atoms with E-state index >= 15 is 0 Å². The van der Waals surface area contributed by atoms with E-state index in [0.29, 0.717) is 10.6 Å². The molecule has 2 rings (SSSR count). The van der Waals surface area contributed by atoms with E-state index in [1.54, 1.807) is 13.2 Å². The van der Waals surface area contributed by atoms with Crippen LogP contribution in [0.4, 0.5) is 4.39 Å². The number of halogens is 2. The van der Waals surface area contributed by atoms with Gasteiger partial charge in [0.15, 0.2) is 0 Å². The van der Waals surface area contributed by atoms with Crippen LogP contribution in [-0.2, 0) is 11.2 Å². The van der Waals surface area contributed by atoms with E-state index in [0.717, 1.165) is 17.7 Å². The van der Waals surface area contributed by atoms with Crippen LogP contribution in [-0.4, -0.2) is 13.0 Å². The minimum absolute atomic E-state index is 0.0182. The fourth-order valence-corrected chi connectivity index (χ4v) is 2.50. The van der Waals surface area contributed by atoms with Crippen molar-refractivity contribution in [3.8, 4) is 5.75 Å². The zero-order valence-corrected chi connectivity index (χ0v) is 13.9. The van der Waals surface area contributed by atoms with Gasteiger partial charge in [-0.2, -0.15) is 0 Å². The maximum Gasteiger partial charge on any atom is 0.225 e. The van der Waals surface area contributed by atoms with E-state index in [2.05, 4.69) is 5.32 Å². The highest BCUT2D eigenvalue weighted by Crippen LogP contribution is 2.21. The predicted molar refractivity (Wildman–Crippen MR) is 89.3 cm³/mol. The van der Waals surface area contributed by atoms with Gasteiger partial charge < -0.3 is 10.1 Å². The van der Waals surface area contributed by atoms with Crippen molar-refractivity contribution in [1.29, 1.82) is 0 Å². The molecule has 122 valence electrons. The van der Waals surface area contributed by atoms with Crippen LogP contribution in [0.3, 0.4) is 0 Å². The maximum atomic E-state index is 13.8. The summed E-state index contributed by atoms with van der Waals surface area (Å²) in [6, 6.07) is 11.7. The lowest BCUT2D eigenvalue weighted by molar-refractivity contribution is -0.121. The molecule has 0 fully saturated rings. The number of ether oxygens (including phenoxy) is 1. The van der Waals surface area contributed by atoms with Gasteiger partial charge in [0.1, 0.15) is 11.6 Å². The van der Waals surface area contributed by atoms with E-state index in [-0.39, 0.29) is 18.4 Å². The molecule has 0 radical (unpaired) electrons. The van der Waals surface area contributed by atoms with E-state index in [9.17, 15) is 9.18 Å². The average Bonchev–Trinajstić information content (AvgIpc) is 2.55. The van der Waals surface area contributed by atoms with Crippen LogP contribution in [0.15, 0.2) is 42.5 Å². The standard InChI is InChI=1S/C18H19ClFNO2/c1-3-17(12-5-8-15(23-2)9-6-12)21-18(22)10-13-4-7-14(19)11-16(13)20/h4-9,11,17H,3,10H2,1-2H3,(H,21,22)/t17-/m1/s1. The van der Waals surface area contributed by atoms with Crippen molar-refractivity contribution < 1.29 is 13.9 Å². The van der Waals surface area contributed by atoms with Crippen LogP contribution < -0.4 is 10.1 Å². The van der Waals surface area contributed by atoms with Gasteiger partial charge in [-0.3, -0.25) is 4.79 Å². The third-order valence-corrected chi connectivity index (χ3v) is 3.86. The summed E-state index contributed by atoms with van der Waals surface area (Å²) in [5.41, 5.74) is 1.31. The van der Waals surface area contributed by atoms with Gasteiger partial charge in [0.05, 0.1) is 19.6 Å². The molecule has 0 aromatic heterocycles. The third-order valence-electron chi connectivity index (χ3n) is 3.63. The van der Waals surface area contributed by atoms with Crippen molar-refractivity contribution in [2.75, 3.05) is 7.11 Å². The Balaban J connectivity index is 2.04. The van der Waals surface area contributed by atoms with E-state index in [1.807, 2.05) is 31.2 Å². The van der Waals surface area contributed by atoms with Crippen molar-refractivity contribution in [3.63, 3.8) is 0 Å². The fraction of sp³-hybridized carbons (Fsp3) is 0.278. The topological polar surface area (TPSA) is 38.3 Å². The summed E-state index contributed by atoms with van der Waals surface area (Å²) in [5.74, 6) is 0.0669. The summed E-state index contributed by atoms with van der Waals surface area (Å²) < 4.78 is 18.9. The summed E-state index contributed by atoms with van der Waals surface area (Å²) in [6.45, 7) is 1.98. The minimum Gasteiger partial charge on any atom is -0.497 e. The van der Waals surface area contributed by atoms with Crippen molar-refractivity contribution >= 4 is 17.5 Å². The molecule has 0 unspecified atom stereocenters. The molecule has 0 aliphatic carbocycles. The molecule has 0 saturated heterocycles. The second-order valence-corrected chi connectivity index (χ2v) is 5.65. The number of nitrogens with one attached hydrogen (secondary N) is 1. The summed E-state index contributed by atoms with van der Waals surface area (Å²) in [6.07, 6.45) is 0.719. The first kappa shape index (κ1) is 17.3. The molecule has 1 amide bonds. The molecule has 2 aromatic carbocycles. The van der Waals surface area contributed by atoms with E-state index < -0.39 is 5.82 Å². The Kier molecular flexibility index (Phi) is 5.99. The molecule has 0 bridgehead atoms. The number of hydrogen-bond donors (Lipinski definition) is 1. The molecular formula is C18H19ClFNO2. The fourth-order valence-electron chi connectivity index (χ4n) is 2.34. The normalized spacial score (nSPS) is 11.8. The molecule has 23 heavy (non-hydrogen) atoms. The molecule has 0 heterocycles. The average molecular weight is 336 g/mol. The van der Waals surface area contributed by atoms with Crippen LogP contribution in [0.2, 0.25) is 5.02 Å². The van der Waals surface area contributed by atoms with Gasteiger partial charge in [-0.25, -0.2) is 4.39 Å². The number of rotatable bonds is 6. The first-order valence-electron chi connectivity index (χ1n) is 7.40. The number of amides is 1. The van der Waals surface area contributed by atoms with Gasteiger partial charge in [-0.15, -0.1) is 0 Å². The van der Waals surface area contributed by atoms with Gasteiger partial charge in [0, 0.05) is 5.02 Å². The number of carbonyl (C=O) groups excluding carboxylic acids is 1. The highest BCUT2D eigenvalue weighted by atomic mass is 35.5. The maximum absolute atomic E-state index is 13.8. The summed E-state index contributed by atoms with van der Waals surface area (Å²) in [7, 11) is 1.61. The van der Waals surface area contributed by atoms with Crippen LogP contribution in [0.5, 0.6) is 5.75 Å². The number of methoxy groups -OCH3 is 1. The van der Waals surface area contributed by atoms with Crippen molar-refractivity contribution in [1.82, 2.24) is 5.32 Å². The Hall–Kier alpha value is -2.07. The summed E-state index contributed by atoms with van der Waals surface area (Å²) >= 11 is 5.71. The Morgan fingerprint density at radius 1 is 1.26 bits per heavy atom. The van der Waals surface area contributed by atoms with Gasteiger partial charge in [-0.05, 0) is 41.8 Å². The van der Waals surface area contributed by atoms with Gasteiger partial charge in [0.25, 0.3) is 0 Å². The molecule has 5 heteroatoms. The molecule has 3 nitrogen and oxygen atoms in total. The highest BCUT2D eigenvalue weighted by molar-refractivity contribution is 6.30. The predicted octanol–water partition coefficient (Wildman–Crippen LogP) is 4.30. The highest BCUT2D eigenvalue weighted by Gasteiger charge is 2.15. The number of benzene rings is 2. The van der Waals surface area contributed by atoms with Crippen LogP contribution in [0.25, 0.3) is 0 Å². The Bertz CT molecular complexity index is 673. The van der Waals surface area contributed by atoms with E-state index in [1.165, 1.54) is 12.1 Å². The zero-order valence-electron chi connectivity index (χ0n) is 13.1. The molecule has 0 saturated carbocycles. The van der Waals surface area contributed by atoms with Crippen LogP contribution in [0, 0.1) is 5.82 Å². The Morgan fingerprint density at radius 2 is 1.96 bits per heavy atom. The third kappa shape index (κ3) is 4.70. The molecule has 2 aromatic rings. The first-order valence-corrected chi connectivity index (χ1v) is 7.78. The Morgan fingerprint density at radius 3 is 2.52 bits per heavy atom. The van der Waals surface area contributed by atoms with Gasteiger partial charge in [-0.1, -0.05) is 36.7 Å². The molecule has 1 N–H and O–H groups in total. The molecule has 0 spiro atoms. The molecule has 0 aliphatic heterocycles. The van der Waals surface area contributed by atoms with E-state index in [4.69, 9.17) is 16.3 Å². The zero-order chi connectivity index (χ0) is 16.8. The lowest BCUT2D eigenvalue weighted by Crippen LogP contribution is -2.29. The molecular weight excluding hydrogens is 317 g/mol. The lowest BCUT2D eigenvalue weighted by Gasteiger charge is -2.18. The van der Waals surface area contributed by atoms with Crippen LogP contribution in [0.1, 0.15) is 30.5 Å². The van der Waals surface area contributed by atoms with Crippen molar-refractivity contribution in [2.45, 2.75) is 25.8 Å². The Labute approximate surface area is 140 Å². The number of carbonyl (C=O) groups is 1. The largest absolute Gasteiger partial charge is 0.497 e. The van der Waals surface area contributed by atoms with Crippen molar-refractivity contribution in [3.05, 3.63) is 64.4 Å². The second-order valence-electron chi connectivity index (χ2n) is 5.21. The summed E-state index contributed by atoms with van der Waals surface area (Å²) in [5, 5.41) is 3.25. The smallest absolute Gasteiger partial charge is 0.225 e. The SMILES string of the molecule is CC[C@@H](NC(=O)Cc1ccc(Cl)cc1F)c1ccc(OC)cc1.